The summed E-state index contributed by atoms with van der Waals surface area (Å²) in [5, 5.41) is 21.6. The van der Waals surface area contributed by atoms with E-state index < -0.39 is 42.4 Å². The highest BCUT2D eigenvalue weighted by molar-refractivity contribution is 7.91. The van der Waals surface area contributed by atoms with E-state index in [9.17, 15) is 36.6 Å². The average molecular weight is 1250 g/mol. The second-order valence-electron chi connectivity index (χ2n) is 24.8. The number of hydrogen-bond donors (Lipinski definition) is 4. The van der Waals surface area contributed by atoms with Gasteiger partial charge in [0.1, 0.15) is 11.5 Å². The SMILES string of the molecule is C=CCC[C@H](O)[C@@H]1CC[C@H]1CN1C[C@@]2(CCCc3cc(Cl)ccc32)COc2ccc(C(=O)NS(=O)(=O)[C@@H](C=C)CC)cc21.C=CCC[C@H](O)[C@@H]1CC[C@H]1CN1C[C@@]2(CCCc3cc(Cl)ccc32)COc2ccc(C(=O)NS(=O)(=O)[C@H](C=C)CC)cc21. The Hall–Kier alpha value is -5.62. The number of anilines is 2. The van der Waals surface area contributed by atoms with Crippen LogP contribution in [-0.4, -0.2) is 101 Å². The predicted molar refractivity (Wildman–Crippen MR) is 345 cm³/mol. The molecular weight excluding hydrogens is 1170 g/mol. The molecule has 2 spiro atoms. The van der Waals surface area contributed by atoms with Crippen LogP contribution < -0.4 is 28.7 Å². The van der Waals surface area contributed by atoms with Crippen LogP contribution in [0.1, 0.15) is 147 Å². The van der Waals surface area contributed by atoms with Crippen molar-refractivity contribution in [2.75, 3.05) is 49.2 Å². The molecular formula is C68H86Cl2N4O10S2. The van der Waals surface area contributed by atoms with Crippen molar-refractivity contribution >= 4 is 66.4 Å². The van der Waals surface area contributed by atoms with Gasteiger partial charge in [-0.25, -0.2) is 26.3 Å². The molecule has 6 aliphatic rings. The van der Waals surface area contributed by atoms with E-state index in [1.54, 1.807) is 50.2 Å². The number of aliphatic hydroxyl groups excluding tert-OH is 2. The molecule has 0 aromatic heterocycles. The maximum atomic E-state index is 13.3. The number of aliphatic hydroxyl groups is 2. The van der Waals surface area contributed by atoms with Crippen molar-refractivity contribution < 1.29 is 46.1 Å². The minimum absolute atomic E-state index is 0.197. The number of rotatable bonds is 22. The molecule has 18 heteroatoms. The average Bonchev–Trinajstić information content (AvgIpc) is 1.51. The molecule has 86 heavy (non-hydrogen) atoms. The van der Waals surface area contributed by atoms with Gasteiger partial charge in [-0.15, -0.1) is 26.3 Å². The number of carbonyl (C=O) groups excluding carboxylic acids is 2. The molecule has 0 bridgehead atoms. The summed E-state index contributed by atoms with van der Waals surface area (Å²) in [4.78, 5) is 31.1. The molecule has 4 aliphatic carbocycles. The summed E-state index contributed by atoms with van der Waals surface area (Å²) in [6.07, 6.45) is 19.0. The Bertz CT molecular complexity index is 3180. The van der Waals surface area contributed by atoms with Gasteiger partial charge in [0.05, 0.1) is 47.3 Å². The number of ether oxygens (including phenoxy) is 2. The van der Waals surface area contributed by atoms with Crippen molar-refractivity contribution in [2.45, 2.75) is 150 Å². The number of amides is 2. The third kappa shape index (κ3) is 14.1. The van der Waals surface area contributed by atoms with Crippen molar-refractivity contribution in [3.8, 4) is 11.5 Å². The van der Waals surface area contributed by atoms with Gasteiger partial charge in [-0.05, 0) is 209 Å². The number of nitrogens with one attached hydrogen (secondary N) is 2. The lowest BCUT2D eigenvalue weighted by atomic mass is 9.68. The number of halogens is 2. The summed E-state index contributed by atoms with van der Waals surface area (Å²) >= 11 is 12.8. The Labute approximate surface area is 520 Å². The lowest BCUT2D eigenvalue weighted by Crippen LogP contribution is -2.49. The number of allylic oxidation sites excluding steroid dienone is 2. The predicted octanol–water partition coefficient (Wildman–Crippen LogP) is 12.4. The minimum Gasteiger partial charge on any atom is -0.490 e. The number of hydrogen-bond acceptors (Lipinski definition) is 12. The molecule has 0 saturated heterocycles. The minimum atomic E-state index is -3.92. The normalized spacial score (nSPS) is 24.4. The van der Waals surface area contributed by atoms with Crippen LogP contribution in [0.25, 0.3) is 0 Å². The Morgan fingerprint density at radius 1 is 0.628 bits per heavy atom. The van der Waals surface area contributed by atoms with E-state index in [0.717, 1.165) is 98.5 Å². The van der Waals surface area contributed by atoms with Gasteiger partial charge in [0, 0.05) is 58.2 Å². The zero-order valence-electron chi connectivity index (χ0n) is 49.9. The Morgan fingerprint density at radius 2 is 1.03 bits per heavy atom. The summed E-state index contributed by atoms with van der Waals surface area (Å²) in [5.74, 6) is 0.932. The van der Waals surface area contributed by atoms with Crippen molar-refractivity contribution in [1.82, 2.24) is 9.44 Å². The second-order valence-corrected chi connectivity index (χ2v) is 29.4. The first-order valence-corrected chi connectivity index (χ1v) is 34.6. The third-order valence-corrected chi connectivity index (χ3v) is 23.4. The van der Waals surface area contributed by atoms with Crippen molar-refractivity contribution in [3.63, 3.8) is 0 Å². The van der Waals surface area contributed by atoms with Gasteiger partial charge in [0.25, 0.3) is 11.8 Å². The Balaban J connectivity index is 0.000000205. The molecule has 0 radical (unpaired) electrons. The Kier molecular flexibility index (Phi) is 21.0. The first-order chi connectivity index (χ1) is 41.2. The van der Waals surface area contributed by atoms with Gasteiger partial charge in [-0.1, -0.05) is 73.5 Å². The van der Waals surface area contributed by atoms with E-state index in [-0.39, 0.29) is 57.8 Å². The lowest BCUT2D eigenvalue weighted by molar-refractivity contribution is 0.0110. The van der Waals surface area contributed by atoms with Gasteiger partial charge in [-0.2, -0.15) is 0 Å². The van der Waals surface area contributed by atoms with Gasteiger partial charge in [0.2, 0.25) is 20.0 Å². The monoisotopic (exact) mass is 1250 g/mol. The summed E-state index contributed by atoms with van der Waals surface area (Å²) in [7, 11) is -7.84. The molecule has 10 rings (SSSR count). The number of fused-ring (bicyclic) bond motifs is 6. The molecule has 10 atom stereocenters. The van der Waals surface area contributed by atoms with Crippen LogP contribution in [0, 0.1) is 23.7 Å². The number of carbonyl (C=O) groups is 2. The summed E-state index contributed by atoms with van der Waals surface area (Å²) in [6, 6.07) is 22.6. The highest BCUT2D eigenvalue weighted by atomic mass is 35.5. The Morgan fingerprint density at radius 3 is 1.38 bits per heavy atom. The molecule has 4 N–H and O–H groups in total. The molecule has 4 aromatic carbocycles. The molecule has 2 saturated carbocycles. The smallest absolute Gasteiger partial charge is 0.264 e. The van der Waals surface area contributed by atoms with Gasteiger partial charge in [-0.3, -0.25) is 9.59 Å². The number of benzene rings is 4. The van der Waals surface area contributed by atoms with E-state index in [2.05, 4.69) is 69.8 Å². The largest absolute Gasteiger partial charge is 0.490 e. The van der Waals surface area contributed by atoms with Gasteiger partial charge >= 0.3 is 0 Å². The van der Waals surface area contributed by atoms with Crippen LogP contribution in [0.4, 0.5) is 11.4 Å². The summed E-state index contributed by atoms with van der Waals surface area (Å²) in [6.45, 7) is 22.0. The van der Waals surface area contributed by atoms with Crippen LogP contribution >= 0.6 is 23.2 Å². The van der Waals surface area contributed by atoms with Crippen LogP contribution in [0.3, 0.4) is 0 Å². The zero-order valence-corrected chi connectivity index (χ0v) is 53.0. The fourth-order valence-corrected chi connectivity index (χ4v) is 17.1. The standard InChI is InChI=1S/2C34H43ClN2O5S/c2*1-4-7-10-31(38)28-14-11-25(28)20-37-21-34(17-8-9-23-18-26(35)13-15-29(23)34)22-42-32-16-12-24(19-30(32)37)33(39)36-43(40,41)27(5-2)6-3/h2*4-5,12-13,15-16,18-19,25,27-28,31,38H,1-2,6-11,14,17,20-22H2,3H3,(H,36,39)/t25-,27+,28+,31-,34-;25-,27-,28+,31-,34-/m00/s1. The van der Waals surface area contributed by atoms with Crippen LogP contribution in [0.2, 0.25) is 10.0 Å². The number of aryl methyl sites for hydroxylation is 2. The highest BCUT2D eigenvalue weighted by Crippen LogP contribution is 2.49. The number of nitrogens with zero attached hydrogens (tertiary/aromatic N) is 2. The van der Waals surface area contributed by atoms with E-state index >= 15 is 0 Å². The first-order valence-electron chi connectivity index (χ1n) is 30.8. The molecule has 2 heterocycles. The quantitative estimate of drug-likeness (QED) is 0.0545. The molecule has 464 valence electrons. The highest BCUT2D eigenvalue weighted by Gasteiger charge is 2.47. The summed E-state index contributed by atoms with van der Waals surface area (Å²) in [5.41, 5.74) is 6.46. The number of sulfonamides is 2. The first kappa shape index (κ1) is 64.8. The van der Waals surface area contributed by atoms with Crippen molar-refractivity contribution in [3.05, 3.63) is 167 Å². The zero-order chi connectivity index (χ0) is 61.6. The van der Waals surface area contributed by atoms with Crippen molar-refractivity contribution in [2.24, 2.45) is 23.7 Å². The molecule has 4 aromatic rings. The molecule has 2 fully saturated rings. The van der Waals surface area contributed by atoms with E-state index in [0.29, 0.717) is 76.6 Å². The molecule has 14 nitrogen and oxygen atoms in total. The maximum Gasteiger partial charge on any atom is 0.264 e. The molecule has 2 aliphatic heterocycles. The topological polar surface area (TPSA) is 192 Å². The van der Waals surface area contributed by atoms with Gasteiger partial charge < -0.3 is 29.5 Å². The van der Waals surface area contributed by atoms with Gasteiger partial charge in [0.15, 0.2) is 0 Å². The van der Waals surface area contributed by atoms with Crippen LogP contribution in [0.5, 0.6) is 11.5 Å². The van der Waals surface area contributed by atoms with Crippen LogP contribution in [-0.2, 0) is 43.7 Å². The molecule has 0 unspecified atom stereocenters. The summed E-state index contributed by atoms with van der Waals surface area (Å²) < 4.78 is 68.8. The second kappa shape index (κ2) is 27.8. The third-order valence-electron chi connectivity index (χ3n) is 19.4. The van der Waals surface area contributed by atoms with Crippen LogP contribution in [0.15, 0.2) is 123 Å². The fourth-order valence-electron chi connectivity index (χ4n) is 14.3. The van der Waals surface area contributed by atoms with E-state index in [4.69, 9.17) is 32.7 Å². The maximum absolute atomic E-state index is 13.3. The van der Waals surface area contributed by atoms with E-state index in [1.165, 1.54) is 34.4 Å². The van der Waals surface area contributed by atoms with E-state index in [1.807, 2.05) is 24.3 Å². The van der Waals surface area contributed by atoms with Crippen molar-refractivity contribution in [1.29, 1.82) is 0 Å². The molecule has 2 amide bonds. The lowest BCUT2D eigenvalue weighted by Gasteiger charge is -2.45. The fraction of sp³-hybridized carbons (Fsp3) is 0.500.